The molecule has 1 aromatic rings. The second-order valence-electron chi connectivity index (χ2n) is 6.68. The third-order valence-electron chi connectivity index (χ3n) is 3.63. The maximum absolute atomic E-state index is 12.0. The predicted octanol–water partition coefficient (Wildman–Crippen LogP) is 1.97. The highest BCUT2D eigenvalue weighted by Crippen LogP contribution is 2.12. The smallest absolute Gasteiger partial charge is 0.222 e. The monoisotopic (exact) mass is 377 g/mol. The highest BCUT2D eigenvalue weighted by atomic mass is 35.5. The van der Waals surface area contributed by atoms with Crippen molar-refractivity contribution in [1.29, 1.82) is 0 Å². The number of rotatable bonds is 6. The molecule has 1 aromatic carbocycles. The highest BCUT2D eigenvalue weighted by Gasteiger charge is 2.23. The number of morpholine rings is 1. The molecule has 0 aliphatic carbocycles. The number of halogens is 2. The quantitative estimate of drug-likeness (QED) is 0.794. The van der Waals surface area contributed by atoms with E-state index in [9.17, 15) is 4.79 Å². The lowest BCUT2D eigenvalue weighted by atomic mass is 10.1. The lowest BCUT2D eigenvalue weighted by Gasteiger charge is -2.32. The van der Waals surface area contributed by atoms with Gasteiger partial charge in [-0.25, -0.2) is 0 Å². The van der Waals surface area contributed by atoms with Crippen LogP contribution < -0.4 is 11.1 Å². The van der Waals surface area contributed by atoms with Gasteiger partial charge in [0.2, 0.25) is 5.91 Å². The summed E-state index contributed by atoms with van der Waals surface area (Å²) in [6.45, 7) is 7.53. The Morgan fingerprint density at radius 2 is 2.00 bits per heavy atom. The largest absolute Gasteiger partial charge is 0.375 e. The molecule has 138 valence electrons. The second kappa shape index (κ2) is 10.9. The number of amides is 1. The van der Waals surface area contributed by atoms with Crippen molar-refractivity contribution in [3.05, 3.63) is 35.9 Å². The maximum Gasteiger partial charge on any atom is 0.222 e. The molecule has 0 bridgehead atoms. The van der Waals surface area contributed by atoms with Crippen molar-refractivity contribution in [3.8, 4) is 0 Å². The Morgan fingerprint density at radius 1 is 1.33 bits per heavy atom. The molecule has 0 saturated carbocycles. The van der Waals surface area contributed by atoms with Crippen molar-refractivity contribution in [2.24, 2.45) is 5.73 Å². The van der Waals surface area contributed by atoms with Crippen LogP contribution in [0.15, 0.2) is 30.3 Å². The Morgan fingerprint density at radius 3 is 2.62 bits per heavy atom. The number of benzene rings is 1. The predicted molar refractivity (Wildman–Crippen MR) is 102 cm³/mol. The van der Waals surface area contributed by atoms with E-state index in [1.807, 2.05) is 19.9 Å². The lowest BCUT2D eigenvalue weighted by molar-refractivity contribution is -0.126. The van der Waals surface area contributed by atoms with Gasteiger partial charge in [0.05, 0.1) is 19.1 Å². The van der Waals surface area contributed by atoms with Crippen LogP contribution in [-0.2, 0) is 16.1 Å². The molecule has 1 aliphatic heterocycles. The summed E-state index contributed by atoms with van der Waals surface area (Å²) in [7, 11) is 0. The molecule has 0 radical (unpaired) electrons. The molecule has 0 aromatic heterocycles. The SMILES string of the molecule is CC(C)(N)CNC(=O)CC1CN(Cc2ccccc2)CCO1.Cl.Cl. The number of nitrogens with two attached hydrogens (primary N) is 1. The van der Waals surface area contributed by atoms with Gasteiger partial charge in [0.1, 0.15) is 0 Å². The minimum absolute atomic E-state index is 0. The van der Waals surface area contributed by atoms with E-state index in [0.29, 0.717) is 19.6 Å². The highest BCUT2D eigenvalue weighted by molar-refractivity contribution is 5.85. The zero-order chi connectivity index (χ0) is 16.0. The van der Waals surface area contributed by atoms with Gasteiger partial charge < -0.3 is 15.8 Å². The number of hydrogen-bond acceptors (Lipinski definition) is 4. The Hall–Kier alpha value is -0.850. The summed E-state index contributed by atoms with van der Waals surface area (Å²) < 4.78 is 5.71. The van der Waals surface area contributed by atoms with Crippen molar-refractivity contribution >= 4 is 30.7 Å². The van der Waals surface area contributed by atoms with Gasteiger partial charge in [-0.3, -0.25) is 9.69 Å². The van der Waals surface area contributed by atoms with Crippen LogP contribution in [0, 0.1) is 0 Å². The van der Waals surface area contributed by atoms with Crippen LogP contribution in [0.1, 0.15) is 25.8 Å². The Balaban J connectivity index is 0.00000264. The van der Waals surface area contributed by atoms with Crippen LogP contribution in [0.4, 0.5) is 0 Å². The van der Waals surface area contributed by atoms with Gasteiger partial charge in [0, 0.05) is 31.7 Å². The van der Waals surface area contributed by atoms with Gasteiger partial charge in [-0.1, -0.05) is 30.3 Å². The van der Waals surface area contributed by atoms with E-state index in [2.05, 4.69) is 34.5 Å². The van der Waals surface area contributed by atoms with Gasteiger partial charge in [0.15, 0.2) is 0 Å². The summed E-state index contributed by atoms with van der Waals surface area (Å²) in [6, 6.07) is 10.4. The van der Waals surface area contributed by atoms with Crippen LogP contribution in [0.3, 0.4) is 0 Å². The van der Waals surface area contributed by atoms with Crippen molar-refractivity contribution in [2.45, 2.75) is 38.5 Å². The molecule has 1 aliphatic rings. The molecule has 5 nitrogen and oxygen atoms in total. The Labute approximate surface area is 157 Å². The third-order valence-corrected chi connectivity index (χ3v) is 3.63. The number of hydrogen-bond donors (Lipinski definition) is 2. The average molecular weight is 378 g/mol. The van der Waals surface area contributed by atoms with Crippen molar-refractivity contribution < 1.29 is 9.53 Å². The van der Waals surface area contributed by atoms with E-state index in [1.54, 1.807) is 0 Å². The fourth-order valence-electron chi connectivity index (χ4n) is 2.49. The molecular formula is C17H29Cl2N3O2. The van der Waals surface area contributed by atoms with Crippen LogP contribution in [0.5, 0.6) is 0 Å². The van der Waals surface area contributed by atoms with Gasteiger partial charge in [-0.2, -0.15) is 0 Å². The molecule has 7 heteroatoms. The number of nitrogens with zero attached hydrogens (tertiary/aromatic N) is 1. The minimum Gasteiger partial charge on any atom is -0.375 e. The standard InChI is InChI=1S/C17H27N3O2.2ClH/c1-17(2,18)13-19-16(21)10-15-12-20(8-9-22-15)11-14-6-4-3-5-7-14;;/h3-7,15H,8-13,18H2,1-2H3,(H,19,21);2*1H. The summed E-state index contributed by atoms with van der Waals surface area (Å²) in [5.41, 5.74) is 6.77. The molecule has 2 rings (SSSR count). The molecule has 24 heavy (non-hydrogen) atoms. The van der Waals surface area contributed by atoms with Crippen LogP contribution in [0.25, 0.3) is 0 Å². The Kier molecular flexibility index (Phi) is 10.5. The normalized spacial score (nSPS) is 18.2. The Bertz CT molecular complexity index is 480. The topological polar surface area (TPSA) is 67.6 Å². The summed E-state index contributed by atoms with van der Waals surface area (Å²) >= 11 is 0. The molecular weight excluding hydrogens is 349 g/mol. The van der Waals surface area contributed by atoms with Gasteiger partial charge in [-0.05, 0) is 19.4 Å². The number of ether oxygens (including phenoxy) is 1. The zero-order valence-electron chi connectivity index (χ0n) is 14.4. The van der Waals surface area contributed by atoms with E-state index in [0.717, 1.165) is 19.6 Å². The van der Waals surface area contributed by atoms with Crippen LogP contribution in [0.2, 0.25) is 0 Å². The molecule has 1 amide bonds. The minimum atomic E-state index is -0.386. The third kappa shape index (κ3) is 8.85. The van der Waals surface area contributed by atoms with Crippen molar-refractivity contribution in [2.75, 3.05) is 26.2 Å². The first-order chi connectivity index (χ1) is 10.4. The summed E-state index contributed by atoms with van der Waals surface area (Å²) in [4.78, 5) is 14.3. The van der Waals surface area contributed by atoms with Gasteiger partial charge in [-0.15, -0.1) is 24.8 Å². The molecule has 1 atom stereocenters. The van der Waals surface area contributed by atoms with E-state index >= 15 is 0 Å². The van der Waals surface area contributed by atoms with E-state index in [1.165, 1.54) is 5.56 Å². The first kappa shape index (κ1) is 23.1. The van der Waals surface area contributed by atoms with Crippen molar-refractivity contribution in [1.82, 2.24) is 10.2 Å². The maximum atomic E-state index is 12.0. The van der Waals surface area contributed by atoms with Gasteiger partial charge in [0.25, 0.3) is 0 Å². The molecule has 1 saturated heterocycles. The zero-order valence-corrected chi connectivity index (χ0v) is 16.0. The first-order valence-corrected chi connectivity index (χ1v) is 7.86. The van der Waals surface area contributed by atoms with E-state index < -0.39 is 0 Å². The summed E-state index contributed by atoms with van der Waals surface area (Å²) in [5, 5.41) is 2.87. The van der Waals surface area contributed by atoms with E-state index in [4.69, 9.17) is 10.5 Å². The van der Waals surface area contributed by atoms with Gasteiger partial charge >= 0.3 is 0 Å². The number of carbonyl (C=O) groups excluding carboxylic acids is 1. The number of carbonyl (C=O) groups is 1. The molecule has 1 unspecified atom stereocenters. The second-order valence-corrected chi connectivity index (χ2v) is 6.68. The number of nitrogens with one attached hydrogen (secondary N) is 1. The van der Waals surface area contributed by atoms with Crippen LogP contribution >= 0.6 is 24.8 Å². The molecule has 1 fully saturated rings. The molecule has 3 N–H and O–H groups in total. The van der Waals surface area contributed by atoms with E-state index in [-0.39, 0.29) is 42.4 Å². The molecule has 0 spiro atoms. The summed E-state index contributed by atoms with van der Waals surface area (Å²) in [6.07, 6.45) is 0.347. The van der Waals surface area contributed by atoms with Crippen LogP contribution in [-0.4, -0.2) is 48.7 Å². The molecule has 1 heterocycles. The lowest BCUT2D eigenvalue weighted by Crippen LogP contribution is -2.47. The fourth-order valence-corrected chi connectivity index (χ4v) is 2.49. The van der Waals surface area contributed by atoms with Crippen molar-refractivity contribution in [3.63, 3.8) is 0 Å². The summed E-state index contributed by atoms with van der Waals surface area (Å²) in [5.74, 6) is 0.00471. The fraction of sp³-hybridized carbons (Fsp3) is 0.588. The first-order valence-electron chi connectivity index (χ1n) is 7.86. The average Bonchev–Trinajstić information content (AvgIpc) is 2.46.